The average Bonchev–Trinajstić information content (AvgIpc) is 3.24. The molecule has 1 unspecified atom stereocenters. The topological polar surface area (TPSA) is 78.9 Å². The van der Waals surface area contributed by atoms with Crippen LogP contribution in [0.5, 0.6) is 0 Å². The number of carbonyl (C=O) groups is 3. The largest absolute Gasteiger partial charge is 0.462 e. The van der Waals surface area contributed by atoms with E-state index in [1.165, 1.54) is 77.0 Å². The van der Waals surface area contributed by atoms with Crippen LogP contribution >= 0.6 is 0 Å². The summed E-state index contributed by atoms with van der Waals surface area (Å²) in [5, 5.41) is 0. The fourth-order valence-corrected chi connectivity index (χ4v) is 6.70. The standard InChI is InChI=1S/C54H92O6/c1-4-7-10-13-16-19-22-24-26-27-28-29-31-32-35-38-41-44-47-53(56)59-50-51(49-58-52(55)46-43-40-37-34-21-18-15-12-9-6-3)60-54(57)48-45-42-39-36-33-30-25-23-20-17-14-11-8-5-2/h8,11,15,17-18,20,22,24,26-29,51H,4-7,9-10,12-14,16,19,21,23,25,30-50H2,1-3H3/b11-8-,18-15-,20-17-,24-22-,27-26-,29-28-. The molecule has 0 aliphatic heterocycles. The molecule has 0 aromatic heterocycles. The van der Waals surface area contributed by atoms with Crippen molar-refractivity contribution < 1.29 is 28.6 Å². The molecule has 0 rings (SSSR count). The maximum atomic E-state index is 12.8. The summed E-state index contributed by atoms with van der Waals surface area (Å²) in [6.07, 6.45) is 60.3. The number of unbranched alkanes of at least 4 members (excludes halogenated alkanes) is 23. The molecule has 0 saturated heterocycles. The van der Waals surface area contributed by atoms with Crippen LogP contribution in [0.4, 0.5) is 0 Å². The van der Waals surface area contributed by atoms with Crippen molar-refractivity contribution in [1.82, 2.24) is 0 Å². The summed E-state index contributed by atoms with van der Waals surface area (Å²) >= 11 is 0. The van der Waals surface area contributed by atoms with E-state index in [-0.39, 0.29) is 31.1 Å². The van der Waals surface area contributed by atoms with E-state index in [2.05, 4.69) is 93.7 Å². The lowest BCUT2D eigenvalue weighted by atomic mass is 10.1. The third-order valence-corrected chi connectivity index (χ3v) is 10.5. The van der Waals surface area contributed by atoms with Crippen molar-refractivity contribution in [3.05, 3.63) is 72.9 Å². The Morgan fingerprint density at radius 3 is 1.20 bits per heavy atom. The first-order chi connectivity index (χ1) is 29.5. The van der Waals surface area contributed by atoms with Crippen molar-refractivity contribution in [3.8, 4) is 0 Å². The molecule has 0 aliphatic carbocycles. The molecule has 0 amide bonds. The Labute approximate surface area is 370 Å². The van der Waals surface area contributed by atoms with Crippen LogP contribution in [0, 0.1) is 0 Å². The molecular weight excluding hydrogens is 745 g/mol. The maximum Gasteiger partial charge on any atom is 0.306 e. The normalized spacial score (nSPS) is 12.7. The molecule has 344 valence electrons. The lowest BCUT2D eigenvalue weighted by Gasteiger charge is -2.18. The second-order valence-electron chi connectivity index (χ2n) is 16.4. The minimum Gasteiger partial charge on any atom is -0.462 e. The Bertz CT molecular complexity index is 1140. The fourth-order valence-electron chi connectivity index (χ4n) is 6.70. The van der Waals surface area contributed by atoms with E-state index in [4.69, 9.17) is 14.2 Å². The van der Waals surface area contributed by atoms with Crippen LogP contribution in [0.2, 0.25) is 0 Å². The van der Waals surface area contributed by atoms with Crippen LogP contribution in [0.1, 0.15) is 233 Å². The molecule has 1 atom stereocenters. The molecule has 0 heterocycles. The van der Waals surface area contributed by atoms with E-state index >= 15 is 0 Å². The van der Waals surface area contributed by atoms with Crippen molar-refractivity contribution in [1.29, 1.82) is 0 Å². The van der Waals surface area contributed by atoms with Crippen LogP contribution < -0.4 is 0 Å². The van der Waals surface area contributed by atoms with Crippen LogP contribution in [0.25, 0.3) is 0 Å². The monoisotopic (exact) mass is 837 g/mol. The minimum atomic E-state index is -0.791. The Kier molecular flexibility index (Phi) is 46.0. The van der Waals surface area contributed by atoms with Gasteiger partial charge in [0.1, 0.15) is 13.2 Å². The third kappa shape index (κ3) is 45.9. The van der Waals surface area contributed by atoms with Gasteiger partial charge >= 0.3 is 17.9 Å². The summed E-state index contributed by atoms with van der Waals surface area (Å²) in [5.41, 5.74) is 0. The second-order valence-corrected chi connectivity index (χ2v) is 16.4. The van der Waals surface area contributed by atoms with E-state index in [9.17, 15) is 14.4 Å². The van der Waals surface area contributed by atoms with E-state index in [0.717, 1.165) is 116 Å². The predicted octanol–water partition coefficient (Wildman–Crippen LogP) is 16.3. The van der Waals surface area contributed by atoms with Gasteiger partial charge < -0.3 is 14.2 Å². The highest BCUT2D eigenvalue weighted by atomic mass is 16.6. The third-order valence-electron chi connectivity index (χ3n) is 10.5. The van der Waals surface area contributed by atoms with E-state index in [1.54, 1.807) is 0 Å². The zero-order valence-electron chi connectivity index (χ0n) is 39.2. The molecule has 60 heavy (non-hydrogen) atoms. The summed E-state index contributed by atoms with van der Waals surface area (Å²) in [6, 6.07) is 0. The molecule has 0 bridgehead atoms. The zero-order chi connectivity index (χ0) is 43.7. The molecule has 0 spiro atoms. The number of carbonyl (C=O) groups excluding carboxylic acids is 3. The lowest BCUT2D eigenvalue weighted by molar-refractivity contribution is -0.167. The van der Waals surface area contributed by atoms with Crippen molar-refractivity contribution in [2.75, 3.05) is 13.2 Å². The van der Waals surface area contributed by atoms with E-state index < -0.39 is 6.10 Å². The van der Waals surface area contributed by atoms with E-state index in [1.807, 2.05) is 0 Å². The van der Waals surface area contributed by atoms with Crippen LogP contribution in [-0.2, 0) is 28.6 Å². The molecule has 0 aliphatic rings. The van der Waals surface area contributed by atoms with E-state index in [0.29, 0.717) is 19.3 Å². The smallest absolute Gasteiger partial charge is 0.306 e. The van der Waals surface area contributed by atoms with Crippen LogP contribution in [-0.4, -0.2) is 37.2 Å². The molecule has 0 radical (unpaired) electrons. The Balaban J connectivity index is 4.41. The summed E-state index contributed by atoms with van der Waals surface area (Å²) in [4.78, 5) is 37.9. The minimum absolute atomic E-state index is 0.0921. The van der Waals surface area contributed by atoms with Gasteiger partial charge in [-0.1, -0.05) is 196 Å². The summed E-state index contributed by atoms with van der Waals surface area (Å²) in [7, 11) is 0. The van der Waals surface area contributed by atoms with Gasteiger partial charge in [-0.25, -0.2) is 0 Å². The number of rotatable bonds is 44. The molecule has 0 fully saturated rings. The van der Waals surface area contributed by atoms with Gasteiger partial charge in [-0.05, 0) is 89.9 Å². The van der Waals surface area contributed by atoms with Crippen molar-refractivity contribution >= 4 is 17.9 Å². The summed E-state index contributed by atoms with van der Waals surface area (Å²) < 4.78 is 16.7. The summed E-state index contributed by atoms with van der Waals surface area (Å²) in [5.74, 6) is -0.935. The van der Waals surface area contributed by atoms with Gasteiger partial charge in [-0.2, -0.15) is 0 Å². The van der Waals surface area contributed by atoms with Gasteiger partial charge in [-0.3, -0.25) is 14.4 Å². The molecule has 0 aromatic carbocycles. The van der Waals surface area contributed by atoms with Crippen LogP contribution in [0.3, 0.4) is 0 Å². The van der Waals surface area contributed by atoms with Crippen LogP contribution in [0.15, 0.2) is 72.9 Å². The average molecular weight is 837 g/mol. The highest BCUT2D eigenvalue weighted by Crippen LogP contribution is 2.14. The Morgan fingerprint density at radius 2 is 0.733 bits per heavy atom. The maximum absolute atomic E-state index is 12.8. The second kappa shape index (κ2) is 48.5. The first-order valence-corrected chi connectivity index (χ1v) is 25.0. The quantitative estimate of drug-likeness (QED) is 0.0200. The zero-order valence-corrected chi connectivity index (χ0v) is 39.2. The van der Waals surface area contributed by atoms with Gasteiger partial charge in [0.05, 0.1) is 0 Å². The first-order valence-electron chi connectivity index (χ1n) is 25.0. The molecular formula is C54H92O6. The number of hydrogen-bond donors (Lipinski definition) is 0. The van der Waals surface area contributed by atoms with Crippen molar-refractivity contribution in [2.45, 2.75) is 239 Å². The van der Waals surface area contributed by atoms with Crippen molar-refractivity contribution in [3.63, 3.8) is 0 Å². The van der Waals surface area contributed by atoms with Gasteiger partial charge in [0.2, 0.25) is 0 Å². The van der Waals surface area contributed by atoms with Gasteiger partial charge in [0, 0.05) is 19.3 Å². The molecule has 6 heteroatoms. The number of allylic oxidation sites excluding steroid dienone is 12. The highest BCUT2D eigenvalue weighted by molar-refractivity contribution is 5.71. The van der Waals surface area contributed by atoms with Gasteiger partial charge in [0.15, 0.2) is 6.10 Å². The molecule has 0 N–H and O–H groups in total. The fraction of sp³-hybridized carbons (Fsp3) is 0.722. The van der Waals surface area contributed by atoms with Crippen molar-refractivity contribution in [2.24, 2.45) is 0 Å². The number of ether oxygens (including phenoxy) is 3. The van der Waals surface area contributed by atoms with Gasteiger partial charge in [-0.15, -0.1) is 0 Å². The molecule has 6 nitrogen and oxygen atoms in total. The molecule has 0 saturated carbocycles. The van der Waals surface area contributed by atoms with Gasteiger partial charge in [0.25, 0.3) is 0 Å². The first kappa shape index (κ1) is 56.9. The Morgan fingerprint density at radius 1 is 0.367 bits per heavy atom. The predicted molar refractivity (Wildman–Crippen MR) is 256 cm³/mol. The SMILES string of the molecule is CC/C=C\C/C=C\CCCCCCCCCC(=O)OC(COC(=O)CCCCCC/C=C\CCCC)COC(=O)CCCCCCC\C=C/C=C\C=C/CCCCCCC. The molecule has 0 aromatic rings. The summed E-state index contributed by atoms with van der Waals surface area (Å²) in [6.45, 7) is 6.43. The number of esters is 3. The number of hydrogen-bond acceptors (Lipinski definition) is 6. The Hall–Kier alpha value is -3.15. The highest BCUT2D eigenvalue weighted by Gasteiger charge is 2.19. The lowest BCUT2D eigenvalue weighted by Crippen LogP contribution is -2.30.